The Morgan fingerprint density at radius 2 is 2.18 bits per heavy atom. The summed E-state index contributed by atoms with van der Waals surface area (Å²) < 4.78 is 1.03. The van der Waals surface area contributed by atoms with Crippen LogP contribution in [0.3, 0.4) is 0 Å². The van der Waals surface area contributed by atoms with Crippen molar-refractivity contribution in [2.75, 3.05) is 5.32 Å². The number of carbonyl (C=O) groups is 1. The number of thiazole rings is 1. The lowest BCUT2D eigenvalue weighted by atomic mass is 10.2. The van der Waals surface area contributed by atoms with Crippen LogP contribution in [-0.4, -0.2) is 10.9 Å². The summed E-state index contributed by atoms with van der Waals surface area (Å²) in [6.45, 7) is 3.82. The van der Waals surface area contributed by atoms with Crippen molar-refractivity contribution in [1.82, 2.24) is 4.98 Å². The molecule has 0 saturated carbocycles. The minimum Gasteiger partial charge on any atom is -0.321 e. The van der Waals surface area contributed by atoms with Gasteiger partial charge in [0.25, 0.3) is 5.91 Å². The summed E-state index contributed by atoms with van der Waals surface area (Å²) in [5.41, 5.74) is 4.32. The van der Waals surface area contributed by atoms with Crippen LogP contribution in [-0.2, 0) is 0 Å². The van der Waals surface area contributed by atoms with E-state index in [4.69, 9.17) is 0 Å². The monoisotopic (exact) mass is 310 g/mol. The first kappa shape index (κ1) is 12.3. The van der Waals surface area contributed by atoms with Crippen molar-refractivity contribution >= 4 is 38.9 Å². The molecule has 0 bridgehead atoms. The Morgan fingerprint density at radius 3 is 2.76 bits per heavy atom. The molecule has 0 atom stereocenters. The molecular formula is C12H11BrN2OS. The van der Waals surface area contributed by atoms with Gasteiger partial charge in [-0.15, -0.1) is 11.3 Å². The number of nitrogens with one attached hydrogen (secondary N) is 1. The van der Waals surface area contributed by atoms with Crippen molar-refractivity contribution < 1.29 is 4.79 Å². The molecule has 17 heavy (non-hydrogen) atoms. The molecule has 2 rings (SSSR count). The topological polar surface area (TPSA) is 42.0 Å². The lowest BCUT2D eigenvalue weighted by Gasteiger charge is -2.06. The molecule has 0 unspecified atom stereocenters. The second-order valence-electron chi connectivity index (χ2n) is 3.68. The second-order valence-corrected chi connectivity index (χ2v) is 5.39. The van der Waals surface area contributed by atoms with E-state index in [9.17, 15) is 4.79 Å². The quantitative estimate of drug-likeness (QED) is 0.917. The van der Waals surface area contributed by atoms with Gasteiger partial charge in [0.05, 0.1) is 11.2 Å². The highest BCUT2D eigenvalue weighted by Crippen LogP contribution is 2.21. The molecule has 3 nitrogen and oxygen atoms in total. The number of hydrogen-bond acceptors (Lipinski definition) is 3. The highest BCUT2D eigenvalue weighted by Gasteiger charge is 2.11. The molecule has 2 aromatic rings. The maximum Gasteiger partial charge on any atom is 0.267 e. The molecule has 0 aliphatic carbocycles. The number of aryl methyl sites for hydroxylation is 2. The molecule has 5 heteroatoms. The van der Waals surface area contributed by atoms with Crippen LogP contribution >= 0.6 is 27.3 Å². The Labute approximate surface area is 112 Å². The van der Waals surface area contributed by atoms with Crippen LogP contribution in [0.15, 0.2) is 28.2 Å². The van der Waals surface area contributed by atoms with E-state index in [1.165, 1.54) is 11.3 Å². The van der Waals surface area contributed by atoms with E-state index in [2.05, 4.69) is 26.2 Å². The van der Waals surface area contributed by atoms with Crippen molar-refractivity contribution in [2.24, 2.45) is 0 Å². The van der Waals surface area contributed by atoms with E-state index in [1.807, 2.05) is 32.0 Å². The lowest BCUT2D eigenvalue weighted by Crippen LogP contribution is -2.11. The van der Waals surface area contributed by atoms with Gasteiger partial charge in [-0.2, -0.15) is 0 Å². The third-order valence-electron chi connectivity index (χ3n) is 2.37. The molecule has 0 saturated heterocycles. The van der Waals surface area contributed by atoms with Crippen LogP contribution < -0.4 is 5.32 Å². The first-order chi connectivity index (χ1) is 8.08. The molecule has 0 spiro atoms. The summed E-state index contributed by atoms with van der Waals surface area (Å²) in [4.78, 5) is 16.7. The number of nitrogens with zero attached hydrogens (tertiary/aromatic N) is 1. The van der Waals surface area contributed by atoms with Gasteiger partial charge in [-0.3, -0.25) is 4.79 Å². The largest absolute Gasteiger partial charge is 0.321 e. The number of aromatic nitrogens is 1. The van der Waals surface area contributed by atoms with E-state index < -0.39 is 0 Å². The van der Waals surface area contributed by atoms with E-state index in [0.29, 0.717) is 4.88 Å². The Morgan fingerprint density at radius 1 is 1.41 bits per heavy atom. The summed E-state index contributed by atoms with van der Waals surface area (Å²) in [5, 5.41) is 2.86. The summed E-state index contributed by atoms with van der Waals surface area (Å²) in [7, 11) is 0. The van der Waals surface area contributed by atoms with Crippen molar-refractivity contribution in [2.45, 2.75) is 13.8 Å². The van der Waals surface area contributed by atoms with Gasteiger partial charge < -0.3 is 5.32 Å². The van der Waals surface area contributed by atoms with E-state index in [1.54, 1.807) is 5.51 Å². The minimum atomic E-state index is -0.105. The van der Waals surface area contributed by atoms with Crippen molar-refractivity contribution in [3.8, 4) is 0 Å². The fourth-order valence-electron chi connectivity index (χ4n) is 1.43. The van der Waals surface area contributed by atoms with Gasteiger partial charge in [0, 0.05) is 10.2 Å². The molecule has 1 heterocycles. The highest BCUT2D eigenvalue weighted by atomic mass is 79.9. The third-order valence-corrected chi connectivity index (χ3v) is 4.18. The average molecular weight is 311 g/mol. The SMILES string of the molecule is Cc1cc(NC(=O)c2scnc2C)ccc1Br. The predicted molar refractivity (Wildman–Crippen MR) is 73.7 cm³/mol. The van der Waals surface area contributed by atoms with Gasteiger partial charge in [-0.05, 0) is 37.6 Å². The van der Waals surface area contributed by atoms with Crippen LogP contribution in [0.25, 0.3) is 0 Å². The number of carbonyl (C=O) groups excluding carboxylic acids is 1. The Balaban J connectivity index is 2.19. The molecule has 1 aromatic heterocycles. The molecule has 0 aliphatic heterocycles. The first-order valence-electron chi connectivity index (χ1n) is 5.05. The van der Waals surface area contributed by atoms with Gasteiger partial charge in [0.2, 0.25) is 0 Å². The van der Waals surface area contributed by atoms with Gasteiger partial charge in [0.15, 0.2) is 0 Å². The number of benzene rings is 1. The molecule has 1 amide bonds. The average Bonchev–Trinajstić information content (AvgIpc) is 2.70. The summed E-state index contributed by atoms with van der Waals surface area (Å²) in [6.07, 6.45) is 0. The van der Waals surface area contributed by atoms with E-state index in [0.717, 1.165) is 21.4 Å². The van der Waals surface area contributed by atoms with Crippen LogP contribution in [0.4, 0.5) is 5.69 Å². The smallest absolute Gasteiger partial charge is 0.267 e. The number of anilines is 1. The van der Waals surface area contributed by atoms with Crippen molar-refractivity contribution in [3.05, 3.63) is 44.3 Å². The van der Waals surface area contributed by atoms with Gasteiger partial charge in [-0.1, -0.05) is 15.9 Å². The second kappa shape index (κ2) is 4.98. The normalized spacial score (nSPS) is 10.3. The predicted octanol–water partition coefficient (Wildman–Crippen LogP) is 3.77. The van der Waals surface area contributed by atoms with Crippen LogP contribution in [0.1, 0.15) is 20.9 Å². The van der Waals surface area contributed by atoms with Crippen molar-refractivity contribution in [3.63, 3.8) is 0 Å². The molecule has 88 valence electrons. The maximum absolute atomic E-state index is 11.9. The molecule has 1 aromatic carbocycles. The molecule has 1 N–H and O–H groups in total. The number of hydrogen-bond donors (Lipinski definition) is 1. The first-order valence-corrected chi connectivity index (χ1v) is 6.73. The number of amides is 1. The molecule has 0 radical (unpaired) electrons. The Hall–Kier alpha value is -1.20. The summed E-state index contributed by atoms with van der Waals surface area (Å²) >= 11 is 4.78. The fraction of sp³-hybridized carbons (Fsp3) is 0.167. The standard InChI is InChI=1S/C12H11BrN2OS/c1-7-5-9(3-4-10(7)13)15-12(16)11-8(2)14-6-17-11/h3-6H,1-2H3,(H,15,16). The zero-order chi connectivity index (χ0) is 12.4. The van der Waals surface area contributed by atoms with E-state index in [-0.39, 0.29) is 5.91 Å². The number of halogens is 1. The highest BCUT2D eigenvalue weighted by molar-refractivity contribution is 9.10. The van der Waals surface area contributed by atoms with Crippen LogP contribution in [0.5, 0.6) is 0 Å². The van der Waals surface area contributed by atoms with Crippen LogP contribution in [0.2, 0.25) is 0 Å². The maximum atomic E-state index is 11.9. The Kier molecular flexibility index (Phi) is 3.59. The van der Waals surface area contributed by atoms with Gasteiger partial charge in [0.1, 0.15) is 4.88 Å². The van der Waals surface area contributed by atoms with E-state index >= 15 is 0 Å². The van der Waals surface area contributed by atoms with Gasteiger partial charge >= 0.3 is 0 Å². The molecular weight excluding hydrogens is 300 g/mol. The summed E-state index contributed by atoms with van der Waals surface area (Å²) in [6, 6.07) is 5.72. The van der Waals surface area contributed by atoms with Crippen LogP contribution in [0, 0.1) is 13.8 Å². The molecule has 0 aliphatic rings. The zero-order valence-electron chi connectivity index (χ0n) is 9.45. The minimum absolute atomic E-state index is 0.105. The summed E-state index contributed by atoms with van der Waals surface area (Å²) in [5.74, 6) is -0.105. The van der Waals surface area contributed by atoms with Gasteiger partial charge in [-0.25, -0.2) is 4.98 Å². The van der Waals surface area contributed by atoms with Crippen molar-refractivity contribution in [1.29, 1.82) is 0 Å². The third kappa shape index (κ3) is 2.73. The zero-order valence-corrected chi connectivity index (χ0v) is 11.9. The lowest BCUT2D eigenvalue weighted by molar-refractivity contribution is 0.103. The number of rotatable bonds is 2. The molecule has 0 fully saturated rings. The fourth-order valence-corrected chi connectivity index (χ4v) is 2.37. The Bertz CT molecular complexity index is 565.